The number of hydrogen-bond donors (Lipinski definition) is 0. The number of furan rings is 1. The van der Waals surface area contributed by atoms with Crippen molar-refractivity contribution in [2.24, 2.45) is 5.92 Å². The molecule has 0 amide bonds. The molecule has 3 heterocycles. The second-order valence-corrected chi connectivity index (χ2v) is 26.1. The SMILES string of the molecule is CC(C)Cc1ccnc(-c2[c-]ccc3c2oc2cc(-c4ccc(-c5ccccc5)cc4)ccc23)c1.[C-]#[N+]c1cc(C#N)c[c-]c1-c1cc(C)[c]([Ge]([CH3])([CH3])[CH3])cn1.[Ir]. The molecule has 7 heteroatoms. The van der Waals surface area contributed by atoms with E-state index in [1.54, 1.807) is 12.1 Å². The molecule has 3 aromatic heterocycles. The molecule has 0 aliphatic heterocycles. The summed E-state index contributed by atoms with van der Waals surface area (Å²) < 4.78 is 7.81. The molecule has 0 saturated carbocycles. The average Bonchev–Trinajstić information content (AvgIpc) is 3.59. The smallest absolute Gasteiger partial charge is 0 e. The topological polar surface area (TPSA) is 67.1 Å². The van der Waals surface area contributed by atoms with Gasteiger partial charge in [-0.15, -0.1) is 18.2 Å². The van der Waals surface area contributed by atoms with Crippen LogP contribution in [0.3, 0.4) is 0 Å². The van der Waals surface area contributed by atoms with Crippen molar-refractivity contribution in [3.05, 3.63) is 168 Å². The molecular weight excluding hydrogens is 937 g/mol. The fraction of sp³-hybridized carbons (Fsp3) is 0.160. The van der Waals surface area contributed by atoms with E-state index in [2.05, 4.69) is 150 Å². The molecule has 0 spiro atoms. The third kappa shape index (κ3) is 9.17. The standard InChI is InChI=1S/C33H26NO.C17H16GeN3.Ir/c1-22(2)19-23-17-18-34-31(20-23)30-10-6-9-29-28-16-15-27(21-32(28)35-33(29)30)26-13-11-25(12-14-26)24-7-4-3-5-8-24;1-12-8-17(21-11-15(12)18(2,3)4)14-7-6-13(10-19)9-16(14)20-5;/h3-9,11-18,20-22H,19H2,1-2H3;6,8-9,11H,1-4H3;/q2*-1;. The summed E-state index contributed by atoms with van der Waals surface area (Å²) in [6.07, 6.45) is 4.86. The van der Waals surface area contributed by atoms with Crippen LogP contribution in [0.15, 0.2) is 132 Å². The van der Waals surface area contributed by atoms with Gasteiger partial charge in [0.1, 0.15) is 5.58 Å². The van der Waals surface area contributed by atoms with Crippen LogP contribution in [0.2, 0.25) is 17.3 Å². The van der Waals surface area contributed by atoms with Crippen LogP contribution in [0, 0.1) is 42.9 Å². The van der Waals surface area contributed by atoms with Crippen molar-refractivity contribution >= 4 is 45.3 Å². The third-order valence-corrected chi connectivity index (χ3v) is 14.3. The van der Waals surface area contributed by atoms with Gasteiger partial charge in [0.05, 0.1) is 5.58 Å². The molecule has 0 bridgehead atoms. The van der Waals surface area contributed by atoms with Gasteiger partial charge in [0, 0.05) is 31.7 Å². The third-order valence-electron chi connectivity index (χ3n) is 9.83. The minimum Gasteiger partial charge on any atom is 0 e. The second-order valence-electron chi connectivity index (χ2n) is 15.5. The first-order valence-electron chi connectivity index (χ1n) is 18.8. The maximum Gasteiger partial charge on any atom is 0 e. The predicted molar refractivity (Wildman–Crippen MR) is 232 cm³/mol. The van der Waals surface area contributed by atoms with E-state index < -0.39 is 13.3 Å². The Kier molecular flexibility index (Phi) is 12.7. The van der Waals surface area contributed by atoms with E-state index in [1.165, 1.54) is 32.2 Å². The molecule has 5 aromatic carbocycles. The monoisotopic (exact) mass is 981 g/mol. The Morgan fingerprint density at radius 3 is 2.14 bits per heavy atom. The number of pyridine rings is 2. The zero-order valence-electron chi connectivity index (χ0n) is 32.9. The minimum absolute atomic E-state index is 0. The van der Waals surface area contributed by atoms with Gasteiger partial charge in [-0.25, -0.2) is 0 Å². The summed E-state index contributed by atoms with van der Waals surface area (Å²) in [5.74, 6) is 7.60. The Morgan fingerprint density at radius 2 is 1.47 bits per heavy atom. The van der Waals surface area contributed by atoms with Crippen molar-refractivity contribution in [3.8, 4) is 50.8 Å². The van der Waals surface area contributed by atoms with Gasteiger partial charge in [-0.2, -0.15) is 0 Å². The van der Waals surface area contributed by atoms with E-state index >= 15 is 0 Å². The maximum absolute atomic E-state index is 8.91. The summed E-state index contributed by atoms with van der Waals surface area (Å²) in [5.41, 5.74) is 13.1. The molecule has 283 valence electrons. The molecule has 0 fully saturated rings. The summed E-state index contributed by atoms with van der Waals surface area (Å²) in [6.45, 7) is 13.8. The first kappa shape index (κ1) is 41.0. The summed E-state index contributed by atoms with van der Waals surface area (Å²) in [5, 5.41) is 11.1. The van der Waals surface area contributed by atoms with Crippen molar-refractivity contribution in [3.63, 3.8) is 0 Å². The number of nitrogens with zero attached hydrogens (tertiary/aromatic N) is 4. The Balaban J connectivity index is 0.000000215. The van der Waals surface area contributed by atoms with E-state index in [-0.39, 0.29) is 20.1 Å². The van der Waals surface area contributed by atoms with Gasteiger partial charge in [-0.1, -0.05) is 103 Å². The Morgan fingerprint density at radius 1 is 0.789 bits per heavy atom. The molecule has 0 unspecified atom stereocenters. The van der Waals surface area contributed by atoms with Crippen molar-refractivity contribution in [2.75, 3.05) is 0 Å². The number of nitriles is 1. The second kappa shape index (κ2) is 17.7. The van der Waals surface area contributed by atoms with Crippen LogP contribution in [-0.4, -0.2) is 23.2 Å². The molecule has 1 radical (unpaired) electrons. The number of fused-ring (bicyclic) bond motifs is 3. The molecule has 0 saturated heterocycles. The van der Waals surface area contributed by atoms with Crippen LogP contribution in [0.25, 0.3) is 71.6 Å². The fourth-order valence-electron chi connectivity index (χ4n) is 7.13. The first-order valence-corrected chi connectivity index (χ1v) is 26.2. The number of rotatable bonds is 7. The maximum atomic E-state index is 8.91. The number of hydrogen-bond acceptors (Lipinski definition) is 4. The van der Waals surface area contributed by atoms with Gasteiger partial charge in [-0.3, -0.25) is 0 Å². The normalized spacial score (nSPS) is 11.0. The van der Waals surface area contributed by atoms with Gasteiger partial charge in [0.2, 0.25) is 0 Å². The van der Waals surface area contributed by atoms with Crippen LogP contribution in [0.1, 0.15) is 30.5 Å². The quantitative estimate of drug-likeness (QED) is 0.118. The van der Waals surface area contributed by atoms with Crippen LogP contribution < -0.4 is 4.40 Å². The first-order chi connectivity index (χ1) is 27.0. The molecule has 57 heavy (non-hydrogen) atoms. The Labute approximate surface area is 352 Å². The minimum atomic E-state index is -1.92. The van der Waals surface area contributed by atoms with Crippen molar-refractivity contribution in [1.82, 2.24) is 9.97 Å². The number of aryl methyl sites for hydroxylation is 1. The largest absolute Gasteiger partial charge is 0 e. The summed E-state index contributed by atoms with van der Waals surface area (Å²) in [6, 6.07) is 47.6. The molecular formula is C50H42GeIrN4O-2. The molecule has 0 aliphatic rings. The van der Waals surface area contributed by atoms with E-state index in [1.807, 2.05) is 36.7 Å². The Hall–Kier alpha value is -5.63. The molecule has 0 atom stereocenters. The van der Waals surface area contributed by atoms with E-state index in [4.69, 9.17) is 16.3 Å². The van der Waals surface area contributed by atoms with E-state index in [0.717, 1.165) is 50.9 Å². The van der Waals surface area contributed by atoms with Gasteiger partial charge >= 0.3 is 128 Å². The fourth-order valence-corrected chi connectivity index (χ4v) is 10.7. The molecule has 0 aliphatic carbocycles. The van der Waals surface area contributed by atoms with Crippen molar-refractivity contribution < 1.29 is 24.5 Å². The van der Waals surface area contributed by atoms with Gasteiger partial charge < -0.3 is 9.40 Å². The predicted octanol–water partition coefficient (Wildman–Crippen LogP) is 12.8. The summed E-state index contributed by atoms with van der Waals surface area (Å²) >= 11 is -1.92. The van der Waals surface area contributed by atoms with Gasteiger partial charge in [0.15, 0.2) is 0 Å². The van der Waals surface area contributed by atoms with Crippen LogP contribution in [0.5, 0.6) is 0 Å². The van der Waals surface area contributed by atoms with Crippen LogP contribution >= 0.6 is 0 Å². The van der Waals surface area contributed by atoms with E-state index in [9.17, 15) is 0 Å². The molecule has 8 aromatic rings. The summed E-state index contributed by atoms with van der Waals surface area (Å²) in [4.78, 5) is 12.7. The van der Waals surface area contributed by atoms with Crippen LogP contribution in [0.4, 0.5) is 5.69 Å². The zero-order chi connectivity index (χ0) is 39.4. The zero-order valence-corrected chi connectivity index (χ0v) is 37.4. The van der Waals surface area contributed by atoms with Gasteiger partial charge in [0.25, 0.3) is 0 Å². The summed E-state index contributed by atoms with van der Waals surface area (Å²) in [7, 11) is 0. The Bertz CT molecular complexity index is 2770. The average molecular weight is 980 g/mol. The number of benzene rings is 5. The van der Waals surface area contributed by atoms with Crippen molar-refractivity contribution in [1.29, 1.82) is 5.26 Å². The molecule has 0 N–H and O–H groups in total. The molecule has 8 rings (SSSR count). The number of aromatic nitrogens is 2. The van der Waals surface area contributed by atoms with Gasteiger partial charge in [-0.05, 0) is 52.4 Å². The van der Waals surface area contributed by atoms with Crippen LogP contribution in [-0.2, 0) is 26.5 Å². The van der Waals surface area contributed by atoms with E-state index in [0.29, 0.717) is 22.7 Å². The van der Waals surface area contributed by atoms with Crippen molar-refractivity contribution in [2.45, 2.75) is 44.5 Å². The molecule has 5 nitrogen and oxygen atoms in total.